The average molecular weight is 685 g/mol. The molecule has 0 fully saturated rings. The van der Waals surface area contributed by atoms with E-state index in [1.165, 1.54) is 82.9 Å². The zero-order chi connectivity index (χ0) is 36.5. The minimum atomic E-state index is 0.0669. The van der Waals surface area contributed by atoms with Gasteiger partial charge in [-0.05, 0) is 114 Å². The number of anilines is 3. The predicted octanol–water partition coefficient (Wildman–Crippen LogP) is 14.4. The number of benzene rings is 7. The standard InChI is InChI=1S/C51H44N2/c1-50(2,3)35-20-24-37(25-21-35)53(38-26-22-36(23-27-38)51(4,5)6)44-29-28-42-47-40(44)18-13-19-41(47)48-46(34-16-11-8-12-17-34)43-32-52-31-30-39(43)45(49(42)48)33-14-9-7-10-15-33/h7-32H,1-6H3. The van der Waals surface area contributed by atoms with Crippen molar-refractivity contribution in [3.05, 3.63) is 169 Å². The van der Waals surface area contributed by atoms with E-state index < -0.39 is 0 Å². The lowest BCUT2D eigenvalue weighted by molar-refractivity contribution is 0.590. The van der Waals surface area contributed by atoms with Crippen LogP contribution < -0.4 is 4.90 Å². The first kappa shape index (κ1) is 32.9. The lowest BCUT2D eigenvalue weighted by Crippen LogP contribution is -2.14. The van der Waals surface area contributed by atoms with Crippen molar-refractivity contribution in [2.24, 2.45) is 0 Å². The first-order valence-electron chi connectivity index (χ1n) is 18.7. The van der Waals surface area contributed by atoms with Crippen LogP contribution in [0.25, 0.3) is 66.1 Å². The number of aromatic nitrogens is 1. The Balaban J connectivity index is 1.35. The van der Waals surface area contributed by atoms with Gasteiger partial charge in [0.05, 0.1) is 5.69 Å². The van der Waals surface area contributed by atoms with Crippen LogP contribution >= 0.6 is 0 Å². The van der Waals surface area contributed by atoms with Crippen LogP contribution in [-0.2, 0) is 10.8 Å². The molecule has 0 amide bonds. The molecule has 2 heteroatoms. The van der Waals surface area contributed by atoms with E-state index in [9.17, 15) is 0 Å². The molecule has 1 heterocycles. The molecule has 0 unspecified atom stereocenters. The Morgan fingerprint density at radius 1 is 0.415 bits per heavy atom. The zero-order valence-corrected chi connectivity index (χ0v) is 31.4. The van der Waals surface area contributed by atoms with Gasteiger partial charge in [-0.15, -0.1) is 0 Å². The van der Waals surface area contributed by atoms with Crippen LogP contribution in [0.1, 0.15) is 52.7 Å². The number of pyridine rings is 1. The number of hydrogen-bond acceptors (Lipinski definition) is 2. The fourth-order valence-corrected chi connectivity index (χ4v) is 8.33. The van der Waals surface area contributed by atoms with Gasteiger partial charge in [-0.3, -0.25) is 4.98 Å². The minimum absolute atomic E-state index is 0.0669. The molecule has 0 N–H and O–H groups in total. The molecule has 2 nitrogen and oxygen atoms in total. The second-order valence-electron chi connectivity index (χ2n) is 16.4. The van der Waals surface area contributed by atoms with Crippen molar-refractivity contribution in [3.63, 3.8) is 0 Å². The lowest BCUT2D eigenvalue weighted by atomic mass is 9.83. The molecule has 258 valence electrons. The SMILES string of the molecule is CC(C)(C)c1ccc(N(c2ccc(C(C)(C)C)cc2)c2ccc3c4c(cccc24)-c2c-3c(-c3ccccc3)c3ccncc3c2-c2ccccc2)cc1. The highest BCUT2D eigenvalue weighted by Gasteiger charge is 2.32. The third kappa shape index (κ3) is 5.44. The summed E-state index contributed by atoms with van der Waals surface area (Å²) >= 11 is 0. The Kier molecular flexibility index (Phi) is 7.64. The van der Waals surface area contributed by atoms with E-state index in [0.29, 0.717) is 0 Å². The summed E-state index contributed by atoms with van der Waals surface area (Å²) in [5.74, 6) is 0. The summed E-state index contributed by atoms with van der Waals surface area (Å²) in [6.45, 7) is 13.7. The molecule has 0 bridgehead atoms. The summed E-state index contributed by atoms with van der Waals surface area (Å²) in [7, 11) is 0. The lowest BCUT2D eigenvalue weighted by Gasteiger charge is -2.29. The van der Waals surface area contributed by atoms with Gasteiger partial charge in [-0.1, -0.05) is 151 Å². The van der Waals surface area contributed by atoms with Crippen LogP contribution in [0.3, 0.4) is 0 Å². The fourth-order valence-electron chi connectivity index (χ4n) is 8.33. The van der Waals surface area contributed by atoms with Crippen molar-refractivity contribution in [3.8, 4) is 44.5 Å². The topological polar surface area (TPSA) is 16.1 Å². The van der Waals surface area contributed by atoms with Gasteiger partial charge in [-0.2, -0.15) is 0 Å². The van der Waals surface area contributed by atoms with Gasteiger partial charge in [-0.25, -0.2) is 0 Å². The van der Waals surface area contributed by atoms with Gasteiger partial charge in [0, 0.05) is 34.5 Å². The van der Waals surface area contributed by atoms with Crippen molar-refractivity contribution in [1.82, 2.24) is 4.98 Å². The minimum Gasteiger partial charge on any atom is -0.310 e. The maximum Gasteiger partial charge on any atom is 0.0540 e. The molecular formula is C51H44N2. The Morgan fingerprint density at radius 2 is 0.925 bits per heavy atom. The van der Waals surface area contributed by atoms with Gasteiger partial charge in [0.1, 0.15) is 0 Å². The van der Waals surface area contributed by atoms with E-state index in [1.54, 1.807) is 0 Å². The largest absolute Gasteiger partial charge is 0.310 e. The van der Waals surface area contributed by atoms with Gasteiger partial charge >= 0.3 is 0 Å². The molecule has 0 aliphatic heterocycles. The van der Waals surface area contributed by atoms with E-state index in [1.807, 2.05) is 6.20 Å². The average Bonchev–Trinajstić information content (AvgIpc) is 3.50. The summed E-state index contributed by atoms with van der Waals surface area (Å²) < 4.78 is 0. The van der Waals surface area contributed by atoms with Crippen LogP contribution in [0.5, 0.6) is 0 Å². The van der Waals surface area contributed by atoms with Crippen LogP contribution in [0.15, 0.2) is 158 Å². The normalized spacial score (nSPS) is 12.3. The molecule has 0 radical (unpaired) electrons. The Hall–Kier alpha value is -5.99. The molecule has 0 saturated carbocycles. The first-order valence-corrected chi connectivity index (χ1v) is 18.7. The van der Waals surface area contributed by atoms with E-state index in [-0.39, 0.29) is 10.8 Å². The second-order valence-corrected chi connectivity index (χ2v) is 16.4. The van der Waals surface area contributed by atoms with Crippen LogP contribution in [-0.4, -0.2) is 4.98 Å². The summed E-state index contributed by atoms with van der Waals surface area (Å²) in [6, 6.07) is 53.9. The van der Waals surface area contributed by atoms with Gasteiger partial charge < -0.3 is 4.90 Å². The molecule has 0 atom stereocenters. The summed E-state index contributed by atoms with van der Waals surface area (Å²) in [5, 5.41) is 4.91. The van der Waals surface area contributed by atoms with Crippen molar-refractivity contribution in [2.45, 2.75) is 52.4 Å². The molecule has 1 aromatic heterocycles. The first-order chi connectivity index (χ1) is 25.6. The number of hydrogen-bond donors (Lipinski definition) is 0. The molecular weight excluding hydrogens is 641 g/mol. The summed E-state index contributed by atoms with van der Waals surface area (Å²) in [5.41, 5.74) is 16.3. The highest BCUT2D eigenvalue weighted by molar-refractivity contribution is 6.28. The number of fused-ring (bicyclic) bond motifs is 4. The Labute approximate surface area is 313 Å². The van der Waals surface area contributed by atoms with E-state index >= 15 is 0 Å². The van der Waals surface area contributed by atoms with Crippen molar-refractivity contribution in [2.75, 3.05) is 4.90 Å². The molecule has 1 aliphatic rings. The second kappa shape index (κ2) is 12.3. The quantitative estimate of drug-likeness (QED) is 0.179. The third-order valence-electron chi connectivity index (χ3n) is 11.0. The maximum absolute atomic E-state index is 4.70. The maximum atomic E-state index is 4.70. The number of nitrogens with zero attached hydrogens (tertiary/aromatic N) is 2. The Morgan fingerprint density at radius 3 is 1.45 bits per heavy atom. The van der Waals surface area contributed by atoms with Crippen LogP contribution in [0.4, 0.5) is 17.1 Å². The molecule has 53 heavy (non-hydrogen) atoms. The molecule has 0 saturated heterocycles. The van der Waals surface area contributed by atoms with Gasteiger partial charge in [0.25, 0.3) is 0 Å². The highest BCUT2D eigenvalue weighted by atomic mass is 15.1. The monoisotopic (exact) mass is 684 g/mol. The van der Waals surface area contributed by atoms with E-state index in [0.717, 1.165) is 11.4 Å². The van der Waals surface area contributed by atoms with Crippen molar-refractivity contribution >= 4 is 38.6 Å². The molecule has 1 aliphatic carbocycles. The summed E-state index contributed by atoms with van der Waals surface area (Å²) in [4.78, 5) is 7.14. The Bertz CT molecular complexity index is 2490. The van der Waals surface area contributed by atoms with Crippen molar-refractivity contribution in [1.29, 1.82) is 0 Å². The van der Waals surface area contributed by atoms with E-state index in [2.05, 4.69) is 198 Å². The molecule has 7 aromatic carbocycles. The van der Waals surface area contributed by atoms with Gasteiger partial charge in [0.2, 0.25) is 0 Å². The zero-order valence-electron chi connectivity index (χ0n) is 31.4. The summed E-state index contributed by atoms with van der Waals surface area (Å²) in [6.07, 6.45) is 3.99. The number of rotatable bonds is 5. The van der Waals surface area contributed by atoms with Crippen LogP contribution in [0.2, 0.25) is 0 Å². The molecule has 0 spiro atoms. The third-order valence-corrected chi connectivity index (χ3v) is 11.0. The molecule has 8 aromatic rings. The highest BCUT2D eigenvalue weighted by Crippen LogP contribution is 2.59. The van der Waals surface area contributed by atoms with Gasteiger partial charge in [0.15, 0.2) is 0 Å². The van der Waals surface area contributed by atoms with E-state index in [4.69, 9.17) is 4.98 Å². The van der Waals surface area contributed by atoms with Crippen molar-refractivity contribution < 1.29 is 0 Å². The molecule has 9 rings (SSSR count). The smallest absolute Gasteiger partial charge is 0.0540 e. The fraction of sp³-hybridized carbons (Fsp3) is 0.157. The van der Waals surface area contributed by atoms with Crippen LogP contribution in [0, 0.1) is 0 Å². The predicted molar refractivity (Wildman–Crippen MR) is 227 cm³/mol.